The van der Waals surface area contributed by atoms with E-state index in [9.17, 15) is 29.4 Å². The number of phenolic OH excluding ortho intramolecular Hbond substituents is 1. The number of rotatable bonds is 9. The molecule has 198 valence electrons. The quantitative estimate of drug-likeness (QED) is 0.217. The van der Waals surface area contributed by atoms with Crippen molar-refractivity contribution in [2.24, 2.45) is 0 Å². The van der Waals surface area contributed by atoms with Crippen molar-refractivity contribution < 1.29 is 29.4 Å². The SMILES string of the molecule is O=C(NCc1cccc(O)c1)c1ccc(C(=O)N[C@@H](CNC(=O)c2ccc3ccccc3c2)C(=O)O)c(Cl)c1. The minimum absolute atomic E-state index is 0.0340. The van der Waals surface area contributed by atoms with Gasteiger partial charge in [-0.3, -0.25) is 14.4 Å². The third-order valence-electron chi connectivity index (χ3n) is 5.92. The Bertz CT molecular complexity index is 1570. The smallest absolute Gasteiger partial charge is 0.328 e. The van der Waals surface area contributed by atoms with Gasteiger partial charge in [-0.25, -0.2) is 4.79 Å². The zero-order valence-electron chi connectivity index (χ0n) is 20.5. The molecule has 0 fully saturated rings. The summed E-state index contributed by atoms with van der Waals surface area (Å²) >= 11 is 6.23. The molecule has 4 aromatic rings. The van der Waals surface area contributed by atoms with E-state index in [0.717, 1.165) is 10.8 Å². The summed E-state index contributed by atoms with van der Waals surface area (Å²) in [7, 11) is 0. The average molecular weight is 546 g/mol. The number of benzene rings is 4. The Morgan fingerprint density at radius 1 is 0.744 bits per heavy atom. The molecule has 0 aliphatic carbocycles. The van der Waals surface area contributed by atoms with Crippen LogP contribution in [-0.2, 0) is 11.3 Å². The number of fused-ring (bicyclic) bond motifs is 1. The second-order valence-electron chi connectivity index (χ2n) is 8.68. The maximum atomic E-state index is 12.8. The van der Waals surface area contributed by atoms with Crippen LogP contribution in [0.2, 0.25) is 5.02 Å². The van der Waals surface area contributed by atoms with Gasteiger partial charge in [0, 0.05) is 24.2 Å². The molecule has 0 aliphatic heterocycles. The van der Waals surface area contributed by atoms with Crippen molar-refractivity contribution in [1.29, 1.82) is 0 Å². The van der Waals surface area contributed by atoms with Crippen molar-refractivity contribution in [2.45, 2.75) is 12.6 Å². The van der Waals surface area contributed by atoms with Crippen LogP contribution in [0.5, 0.6) is 5.75 Å². The predicted octanol–water partition coefficient (Wildman–Crippen LogP) is 3.74. The van der Waals surface area contributed by atoms with Crippen molar-refractivity contribution in [1.82, 2.24) is 16.0 Å². The van der Waals surface area contributed by atoms with E-state index in [4.69, 9.17) is 11.6 Å². The van der Waals surface area contributed by atoms with Gasteiger partial charge in [0.05, 0.1) is 10.6 Å². The number of carboxylic acid groups (broad SMARTS) is 1. The van der Waals surface area contributed by atoms with Crippen molar-refractivity contribution in [3.8, 4) is 5.75 Å². The summed E-state index contributed by atoms with van der Waals surface area (Å²) in [6, 6.07) is 21.6. The Kier molecular flexibility index (Phi) is 8.43. The monoisotopic (exact) mass is 545 g/mol. The maximum Gasteiger partial charge on any atom is 0.328 e. The first-order valence-corrected chi connectivity index (χ1v) is 12.3. The Morgan fingerprint density at radius 3 is 2.15 bits per heavy atom. The third kappa shape index (κ3) is 6.91. The fourth-order valence-electron chi connectivity index (χ4n) is 3.85. The number of carbonyl (C=O) groups is 4. The standard InChI is InChI=1S/C29H24ClN3O6/c30-24-14-21(27(36)31-15-17-4-3-7-22(34)12-17)10-11-23(24)28(37)33-25(29(38)39)16-32-26(35)20-9-8-18-5-1-2-6-19(18)13-20/h1-14,25,34H,15-16H2,(H,31,36)(H,32,35)(H,33,37)(H,38,39)/t25-/m0/s1. The Hall–Kier alpha value is -4.89. The van der Waals surface area contributed by atoms with Gasteiger partial charge >= 0.3 is 5.97 Å². The summed E-state index contributed by atoms with van der Waals surface area (Å²) in [5, 5.41) is 28.5. The molecule has 0 radical (unpaired) electrons. The number of phenols is 1. The van der Waals surface area contributed by atoms with Crippen molar-refractivity contribution in [3.05, 3.63) is 112 Å². The van der Waals surface area contributed by atoms with E-state index in [0.29, 0.717) is 11.1 Å². The zero-order valence-corrected chi connectivity index (χ0v) is 21.2. The molecule has 0 aliphatic rings. The van der Waals surface area contributed by atoms with Gasteiger partial charge in [-0.05, 0) is 58.8 Å². The lowest BCUT2D eigenvalue weighted by Gasteiger charge is -2.16. The van der Waals surface area contributed by atoms with E-state index < -0.39 is 29.7 Å². The highest BCUT2D eigenvalue weighted by molar-refractivity contribution is 6.34. The normalized spacial score (nSPS) is 11.4. The number of aromatic hydroxyl groups is 1. The van der Waals surface area contributed by atoms with Crippen LogP contribution in [0, 0.1) is 0 Å². The van der Waals surface area contributed by atoms with Gasteiger partial charge in [0.1, 0.15) is 11.8 Å². The van der Waals surface area contributed by atoms with E-state index >= 15 is 0 Å². The molecule has 3 amide bonds. The lowest BCUT2D eigenvalue weighted by molar-refractivity contribution is -0.139. The van der Waals surface area contributed by atoms with Gasteiger partial charge in [-0.1, -0.05) is 54.1 Å². The minimum atomic E-state index is -1.43. The molecule has 9 nitrogen and oxygen atoms in total. The van der Waals surface area contributed by atoms with Crippen LogP contribution in [0.3, 0.4) is 0 Å². The molecule has 0 bridgehead atoms. The number of aliphatic carboxylic acids is 1. The van der Waals surface area contributed by atoms with Gasteiger partial charge in [-0.2, -0.15) is 0 Å². The summed E-state index contributed by atoms with van der Waals surface area (Å²) in [5.41, 5.74) is 1.20. The number of carbonyl (C=O) groups excluding carboxylic acids is 3. The number of nitrogens with one attached hydrogen (secondary N) is 3. The Labute approximate surface area is 228 Å². The van der Waals surface area contributed by atoms with E-state index in [-0.39, 0.29) is 35.0 Å². The number of hydrogen-bond acceptors (Lipinski definition) is 5. The van der Waals surface area contributed by atoms with Gasteiger partial charge in [0.15, 0.2) is 0 Å². The van der Waals surface area contributed by atoms with Crippen LogP contribution in [0.15, 0.2) is 84.9 Å². The molecule has 0 heterocycles. The molecular weight excluding hydrogens is 522 g/mol. The summed E-state index contributed by atoms with van der Waals surface area (Å²) in [6.07, 6.45) is 0. The summed E-state index contributed by atoms with van der Waals surface area (Å²) in [6.45, 7) is -0.196. The number of carboxylic acids is 1. The van der Waals surface area contributed by atoms with E-state index in [1.165, 1.54) is 30.3 Å². The first kappa shape index (κ1) is 27.2. The van der Waals surface area contributed by atoms with Crippen molar-refractivity contribution >= 4 is 46.1 Å². The van der Waals surface area contributed by atoms with Crippen LogP contribution in [0.1, 0.15) is 36.6 Å². The van der Waals surface area contributed by atoms with E-state index in [1.54, 1.807) is 30.3 Å². The minimum Gasteiger partial charge on any atom is -0.508 e. The second kappa shape index (κ2) is 12.1. The van der Waals surface area contributed by atoms with E-state index in [2.05, 4.69) is 16.0 Å². The van der Waals surface area contributed by atoms with E-state index in [1.807, 2.05) is 24.3 Å². The fourth-order valence-corrected chi connectivity index (χ4v) is 4.12. The zero-order chi connectivity index (χ0) is 27.9. The molecule has 0 unspecified atom stereocenters. The predicted molar refractivity (Wildman–Crippen MR) is 146 cm³/mol. The second-order valence-corrected chi connectivity index (χ2v) is 9.09. The van der Waals surface area contributed by atoms with Gasteiger partial charge in [0.25, 0.3) is 17.7 Å². The van der Waals surface area contributed by atoms with Gasteiger partial charge in [-0.15, -0.1) is 0 Å². The molecule has 0 aromatic heterocycles. The molecule has 39 heavy (non-hydrogen) atoms. The maximum absolute atomic E-state index is 12.8. The largest absolute Gasteiger partial charge is 0.508 e. The lowest BCUT2D eigenvalue weighted by Crippen LogP contribution is -2.48. The molecule has 5 N–H and O–H groups in total. The van der Waals surface area contributed by atoms with Crippen LogP contribution in [0.4, 0.5) is 0 Å². The molecule has 0 saturated heterocycles. The lowest BCUT2D eigenvalue weighted by atomic mass is 10.1. The third-order valence-corrected chi connectivity index (χ3v) is 6.23. The molecular formula is C29H24ClN3O6. The highest BCUT2D eigenvalue weighted by Gasteiger charge is 2.23. The first-order chi connectivity index (χ1) is 18.7. The van der Waals surface area contributed by atoms with Gasteiger partial charge in [0.2, 0.25) is 0 Å². The fraction of sp³-hybridized carbons (Fsp3) is 0.103. The number of hydrogen-bond donors (Lipinski definition) is 5. The summed E-state index contributed by atoms with van der Waals surface area (Å²) < 4.78 is 0. The van der Waals surface area contributed by atoms with Crippen molar-refractivity contribution in [3.63, 3.8) is 0 Å². The van der Waals surface area contributed by atoms with Crippen LogP contribution in [0.25, 0.3) is 10.8 Å². The Morgan fingerprint density at radius 2 is 1.44 bits per heavy atom. The molecule has 4 rings (SSSR count). The van der Waals surface area contributed by atoms with Gasteiger partial charge < -0.3 is 26.2 Å². The van der Waals surface area contributed by atoms with Crippen LogP contribution >= 0.6 is 11.6 Å². The number of amides is 3. The highest BCUT2D eigenvalue weighted by atomic mass is 35.5. The van der Waals surface area contributed by atoms with Crippen LogP contribution in [-0.4, -0.2) is 46.5 Å². The summed E-state index contributed by atoms with van der Waals surface area (Å²) in [4.78, 5) is 49.6. The molecule has 0 saturated carbocycles. The topological polar surface area (TPSA) is 145 Å². The highest BCUT2D eigenvalue weighted by Crippen LogP contribution is 2.19. The van der Waals surface area contributed by atoms with Crippen molar-refractivity contribution in [2.75, 3.05) is 6.54 Å². The average Bonchev–Trinajstić information content (AvgIpc) is 2.93. The molecule has 10 heteroatoms. The molecule has 0 spiro atoms. The summed E-state index contributed by atoms with van der Waals surface area (Å²) in [5.74, 6) is -2.99. The van der Waals surface area contributed by atoms with Crippen LogP contribution < -0.4 is 16.0 Å². The molecule has 1 atom stereocenters. The Balaban J connectivity index is 1.36. The first-order valence-electron chi connectivity index (χ1n) is 11.9. The molecule has 4 aromatic carbocycles. The number of halogens is 1.